The van der Waals surface area contributed by atoms with Crippen LogP contribution in [0.15, 0.2) is 64.7 Å². The van der Waals surface area contributed by atoms with Crippen LogP contribution in [0.2, 0.25) is 0 Å². The third-order valence-electron chi connectivity index (χ3n) is 3.29. The highest BCUT2D eigenvalue weighted by Crippen LogP contribution is 2.06. The van der Waals surface area contributed by atoms with Gasteiger partial charge in [0.05, 0.1) is 12.8 Å². The molecule has 2 rings (SSSR count). The van der Waals surface area contributed by atoms with E-state index in [2.05, 4.69) is 27.5 Å². The zero-order chi connectivity index (χ0) is 17.2. The smallest absolute Gasteiger partial charge is 0.251 e. The van der Waals surface area contributed by atoms with Gasteiger partial charge in [-0.1, -0.05) is 18.2 Å². The Kier molecular flexibility index (Phi) is 9.38. The minimum atomic E-state index is -0.137. The Morgan fingerprint density at radius 3 is 2.72 bits per heavy atom. The number of hydrogen-bond acceptors (Lipinski definition) is 3. The highest BCUT2D eigenvalue weighted by Gasteiger charge is 2.07. The monoisotopic (exact) mass is 454 g/mol. The van der Waals surface area contributed by atoms with Crippen molar-refractivity contribution >= 4 is 35.8 Å². The molecule has 1 amide bonds. The van der Waals surface area contributed by atoms with E-state index in [-0.39, 0.29) is 29.9 Å². The Hall–Kier alpha value is -2.29. The number of guanidine groups is 1. The Morgan fingerprint density at radius 2 is 2.04 bits per heavy atom. The molecule has 0 aliphatic rings. The normalized spacial score (nSPS) is 10.5. The number of aliphatic imine (C=N–C) groups is 1. The Morgan fingerprint density at radius 1 is 1.20 bits per heavy atom. The Labute approximate surface area is 164 Å². The molecule has 0 saturated heterocycles. The molecule has 0 spiro atoms. The maximum absolute atomic E-state index is 12.2. The number of carbonyl (C=O) groups is 1. The van der Waals surface area contributed by atoms with Gasteiger partial charge in [-0.05, 0) is 29.8 Å². The van der Waals surface area contributed by atoms with Crippen molar-refractivity contribution in [3.05, 3.63) is 72.2 Å². The van der Waals surface area contributed by atoms with Crippen molar-refractivity contribution in [2.75, 3.05) is 13.6 Å². The molecule has 0 aliphatic heterocycles. The SMILES string of the molecule is C=CCNC(=NC)NCc1cccc(C(=O)NCc2ccco2)c1.I. The van der Waals surface area contributed by atoms with Gasteiger partial charge < -0.3 is 20.4 Å². The van der Waals surface area contributed by atoms with E-state index in [4.69, 9.17) is 4.42 Å². The molecule has 0 aliphatic carbocycles. The van der Waals surface area contributed by atoms with E-state index < -0.39 is 0 Å². The number of rotatable bonds is 7. The summed E-state index contributed by atoms with van der Waals surface area (Å²) in [5.41, 5.74) is 1.59. The summed E-state index contributed by atoms with van der Waals surface area (Å²) in [5, 5.41) is 9.11. The van der Waals surface area contributed by atoms with Gasteiger partial charge in [-0.15, -0.1) is 30.6 Å². The van der Waals surface area contributed by atoms with Crippen LogP contribution in [0, 0.1) is 0 Å². The molecule has 1 aromatic heterocycles. The van der Waals surface area contributed by atoms with Crippen LogP contribution in [0.5, 0.6) is 0 Å². The van der Waals surface area contributed by atoms with Crippen LogP contribution in [0.1, 0.15) is 21.7 Å². The Balaban J connectivity index is 0.00000312. The maximum Gasteiger partial charge on any atom is 0.251 e. The van der Waals surface area contributed by atoms with Crippen molar-refractivity contribution in [3.8, 4) is 0 Å². The minimum absolute atomic E-state index is 0. The quantitative estimate of drug-likeness (QED) is 0.260. The van der Waals surface area contributed by atoms with Crippen LogP contribution >= 0.6 is 24.0 Å². The summed E-state index contributed by atoms with van der Waals surface area (Å²) in [6.45, 7) is 5.22. The standard InChI is InChI=1S/C18H22N4O2.HI/c1-3-9-20-18(19-2)22-12-14-6-4-7-15(11-14)17(23)21-13-16-8-5-10-24-16;/h3-8,10-11H,1,9,12-13H2,2H3,(H,21,23)(H2,19,20,22);1H. The lowest BCUT2D eigenvalue weighted by Gasteiger charge is -2.11. The average Bonchev–Trinajstić information content (AvgIpc) is 3.13. The number of hydrogen-bond donors (Lipinski definition) is 3. The van der Waals surface area contributed by atoms with Gasteiger partial charge in [-0.3, -0.25) is 9.79 Å². The van der Waals surface area contributed by atoms with E-state index >= 15 is 0 Å². The van der Waals surface area contributed by atoms with E-state index in [1.54, 1.807) is 31.5 Å². The lowest BCUT2D eigenvalue weighted by molar-refractivity contribution is 0.0948. The third-order valence-corrected chi connectivity index (χ3v) is 3.29. The van der Waals surface area contributed by atoms with Gasteiger partial charge in [0.2, 0.25) is 0 Å². The Bertz CT molecular complexity index is 699. The summed E-state index contributed by atoms with van der Waals surface area (Å²) in [6, 6.07) is 11.1. The van der Waals surface area contributed by atoms with Gasteiger partial charge >= 0.3 is 0 Å². The first-order valence-corrected chi connectivity index (χ1v) is 7.68. The summed E-state index contributed by atoms with van der Waals surface area (Å²) < 4.78 is 5.20. The van der Waals surface area contributed by atoms with E-state index in [0.717, 1.165) is 11.3 Å². The second-order valence-corrected chi connectivity index (χ2v) is 5.06. The molecule has 1 heterocycles. The topological polar surface area (TPSA) is 78.7 Å². The number of halogens is 1. The van der Waals surface area contributed by atoms with Crippen LogP contribution in [-0.2, 0) is 13.1 Å². The highest BCUT2D eigenvalue weighted by atomic mass is 127. The molecule has 0 bridgehead atoms. The van der Waals surface area contributed by atoms with Crippen LogP contribution in [0.4, 0.5) is 0 Å². The molecule has 25 heavy (non-hydrogen) atoms. The van der Waals surface area contributed by atoms with Crippen LogP contribution < -0.4 is 16.0 Å². The van der Waals surface area contributed by atoms with Crippen molar-refractivity contribution in [1.29, 1.82) is 0 Å². The van der Waals surface area contributed by atoms with Gasteiger partial charge in [-0.2, -0.15) is 0 Å². The van der Waals surface area contributed by atoms with Crippen molar-refractivity contribution in [2.45, 2.75) is 13.1 Å². The molecule has 0 saturated carbocycles. The summed E-state index contributed by atoms with van der Waals surface area (Å²) in [5.74, 6) is 1.27. The van der Waals surface area contributed by atoms with Crippen LogP contribution in [-0.4, -0.2) is 25.5 Å². The maximum atomic E-state index is 12.2. The summed E-state index contributed by atoms with van der Waals surface area (Å²) in [4.78, 5) is 16.3. The fourth-order valence-electron chi connectivity index (χ4n) is 2.08. The predicted molar refractivity (Wildman–Crippen MR) is 110 cm³/mol. The van der Waals surface area contributed by atoms with Crippen molar-refractivity contribution in [2.24, 2.45) is 4.99 Å². The molecule has 2 aromatic rings. The molecule has 1 aromatic carbocycles. The summed E-state index contributed by atoms with van der Waals surface area (Å²) >= 11 is 0. The van der Waals surface area contributed by atoms with Gasteiger partial charge in [0.15, 0.2) is 5.96 Å². The van der Waals surface area contributed by atoms with Crippen molar-refractivity contribution in [1.82, 2.24) is 16.0 Å². The van der Waals surface area contributed by atoms with E-state index in [9.17, 15) is 4.79 Å². The molecule has 0 atom stereocenters. The van der Waals surface area contributed by atoms with Gasteiger partial charge in [0, 0.05) is 25.7 Å². The first-order valence-electron chi connectivity index (χ1n) is 7.68. The minimum Gasteiger partial charge on any atom is -0.467 e. The van der Waals surface area contributed by atoms with Crippen LogP contribution in [0.3, 0.4) is 0 Å². The molecule has 6 nitrogen and oxygen atoms in total. The molecular weight excluding hydrogens is 431 g/mol. The summed E-state index contributed by atoms with van der Waals surface area (Å²) in [6.07, 6.45) is 3.35. The second-order valence-electron chi connectivity index (χ2n) is 5.06. The lowest BCUT2D eigenvalue weighted by atomic mass is 10.1. The van der Waals surface area contributed by atoms with Gasteiger partial charge in [-0.25, -0.2) is 0 Å². The summed E-state index contributed by atoms with van der Waals surface area (Å²) in [7, 11) is 1.71. The number of carbonyl (C=O) groups excluding carboxylic acids is 1. The molecule has 3 N–H and O–H groups in total. The predicted octanol–water partition coefficient (Wildman–Crippen LogP) is 2.68. The van der Waals surface area contributed by atoms with E-state index in [1.165, 1.54) is 0 Å². The first-order chi connectivity index (χ1) is 11.7. The lowest BCUT2D eigenvalue weighted by Crippen LogP contribution is -2.36. The number of furan rings is 1. The molecule has 0 fully saturated rings. The zero-order valence-electron chi connectivity index (χ0n) is 14.1. The number of nitrogens with one attached hydrogen (secondary N) is 3. The number of benzene rings is 1. The van der Waals surface area contributed by atoms with Crippen molar-refractivity contribution < 1.29 is 9.21 Å². The molecule has 0 radical (unpaired) electrons. The fourth-order valence-corrected chi connectivity index (χ4v) is 2.08. The highest BCUT2D eigenvalue weighted by molar-refractivity contribution is 14.0. The molecular formula is C18H23IN4O2. The van der Waals surface area contributed by atoms with E-state index in [1.807, 2.05) is 24.3 Å². The molecule has 7 heteroatoms. The zero-order valence-corrected chi connectivity index (χ0v) is 16.4. The van der Waals surface area contributed by atoms with Crippen molar-refractivity contribution in [3.63, 3.8) is 0 Å². The van der Waals surface area contributed by atoms with Gasteiger partial charge in [0.25, 0.3) is 5.91 Å². The number of amides is 1. The van der Waals surface area contributed by atoms with E-state index in [0.29, 0.717) is 31.2 Å². The van der Waals surface area contributed by atoms with Crippen LogP contribution in [0.25, 0.3) is 0 Å². The largest absolute Gasteiger partial charge is 0.467 e. The fraction of sp³-hybridized carbons (Fsp3) is 0.222. The second kappa shape index (κ2) is 11.3. The molecule has 0 unspecified atom stereocenters. The first kappa shape index (κ1) is 20.8. The van der Waals surface area contributed by atoms with Gasteiger partial charge in [0.1, 0.15) is 5.76 Å². The third kappa shape index (κ3) is 7.00. The number of nitrogens with zero attached hydrogens (tertiary/aromatic N) is 1. The molecule has 134 valence electrons. The average molecular weight is 454 g/mol.